The molecule has 2 N–H and O–H groups in total. The van der Waals surface area contributed by atoms with Crippen molar-refractivity contribution in [1.82, 2.24) is 10.1 Å². The van der Waals surface area contributed by atoms with Gasteiger partial charge in [0, 0.05) is 13.5 Å². The SMILES string of the molecule is COC1(c2noc(C[C@@H](CN)CC(C)C)n2)CCC1. The van der Waals surface area contributed by atoms with Crippen LogP contribution in [-0.2, 0) is 16.8 Å². The standard InChI is InChI=1S/C14H25N3O2/c1-10(2)7-11(9-15)8-12-16-13(17-19-12)14(18-3)5-4-6-14/h10-11H,4-9,15H2,1-3H3/t11-/m0/s1. The van der Waals surface area contributed by atoms with Gasteiger partial charge in [-0.25, -0.2) is 0 Å². The third-order valence-corrected chi connectivity index (χ3v) is 4.03. The van der Waals surface area contributed by atoms with Crippen molar-refractivity contribution >= 4 is 0 Å². The van der Waals surface area contributed by atoms with Crippen LogP contribution in [0.4, 0.5) is 0 Å². The van der Waals surface area contributed by atoms with Crippen LogP contribution in [0, 0.1) is 11.8 Å². The zero-order chi connectivity index (χ0) is 13.9. The maximum atomic E-state index is 5.81. The molecule has 0 radical (unpaired) electrons. The summed E-state index contributed by atoms with van der Waals surface area (Å²) in [4.78, 5) is 4.51. The highest BCUT2D eigenvalue weighted by Crippen LogP contribution is 2.42. The number of hydrogen-bond donors (Lipinski definition) is 1. The lowest BCUT2D eigenvalue weighted by Crippen LogP contribution is -2.37. The Morgan fingerprint density at radius 3 is 2.63 bits per heavy atom. The third-order valence-electron chi connectivity index (χ3n) is 4.03. The molecule has 5 nitrogen and oxygen atoms in total. The van der Waals surface area contributed by atoms with Gasteiger partial charge in [0.15, 0.2) is 0 Å². The van der Waals surface area contributed by atoms with E-state index < -0.39 is 0 Å². The maximum Gasteiger partial charge on any atom is 0.227 e. The molecule has 19 heavy (non-hydrogen) atoms. The van der Waals surface area contributed by atoms with Crippen LogP contribution in [0.1, 0.15) is 51.2 Å². The van der Waals surface area contributed by atoms with E-state index in [4.69, 9.17) is 15.0 Å². The Morgan fingerprint density at radius 2 is 2.16 bits per heavy atom. The quantitative estimate of drug-likeness (QED) is 0.820. The molecule has 1 aromatic heterocycles. The van der Waals surface area contributed by atoms with E-state index in [0.717, 1.165) is 32.1 Å². The second-order valence-corrected chi connectivity index (χ2v) is 6.00. The summed E-state index contributed by atoms with van der Waals surface area (Å²) in [7, 11) is 1.72. The van der Waals surface area contributed by atoms with E-state index in [9.17, 15) is 0 Å². The fourth-order valence-corrected chi connectivity index (χ4v) is 2.72. The topological polar surface area (TPSA) is 74.2 Å². The smallest absolute Gasteiger partial charge is 0.227 e. The summed E-state index contributed by atoms with van der Waals surface area (Å²) in [6.45, 7) is 5.07. The van der Waals surface area contributed by atoms with Gasteiger partial charge >= 0.3 is 0 Å². The largest absolute Gasteiger partial charge is 0.370 e. The number of nitrogens with zero attached hydrogens (tertiary/aromatic N) is 2. The molecular formula is C14H25N3O2. The summed E-state index contributed by atoms with van der Waals surface area (Å²) < 4.78 is 10.9. The van der Waals surface area contributed by atoms with Crippen molar-refractivity contribution in [3.8, 4) is 0 Å². The monoisotopic (exact) mass is 267 g/mol. The van der Waals surface area contributed by atoms with Gasteiger partial charge in [0.2, 0.25) is 11.7 Å². The van der Waals surface area contributed by atoms with E-state index in [-0.39, 0.29) is 5.60 Å². The second kappa shape index (κ2) is 6.01. The first-order valence-corrected chi connectivity index (χ1v) is 7.18. The van der Waals surface area contributed by atoms with Gasteiger partial charge in [-0.1, -0.05) is 19.0 Å². The second-order valence-electron chi connectivity index (χ2n) is 6.00. The minimum atomic E-state index is -0.294. The molecule has 1 fully saturated rings. The number of nitrogens with two attached hydrogens (primary N) is 1. The molecular weight excluding hydrogens is 242 g/mol. The van der Waals surface area contributed by atoms with Crippen LogP contribution < -0.4 is 5.73 Å². The molecule has 0 aliphatic heterocycles. The van der Waals surface area contributed by atoms with Crippen LogP contribution in [0.15, 0.2) is 4.52 Å². The van der Waals surface area contributed by atoms with Gasteiger partial charge < -0.3 is 15.0 Å². The van der Waals surface area contributed by atoms with E-state index in [1.54, 1.807) is 7.11 Å². The maximum absolute atomic E-state index is 5.81. The fraction of sp³-hybridized carbons (Fsp3) is 0.857. The Bertz CT molecular complexity index is 394. The minimum Gasteiger partial charge on any atom is -0.370 e. The number of methoxy groups -OCH3 is 1. The molecule has 1 saturated carbocycles. The van der Waals surface area contributed by atoms with E-state index in [0.29, 0.717) is 30.1 Å². The fourth-order valence-electron chi connectivity index (χ4n) is 2.72. The zero-order valence-corrected chi connectivity index (χ0v) is 12.2. The van der Waals surface area contributed by atoms with Crippen molar-refractivity contribution in [1.29, 1.82) is 0 Å². The van der Waals surface area contributed by atoms with E-state index >= 15 is 0 Å². The predicted octanol–water partition coefficient (Wildman–Crippen LogP) is 2.26. The van der Waals surface area contributed by atoms with Crippen molar-refractivity contribution in [2.24, 2.45) is 17.6 Å². The minimum absolute atomic E-state index is 0.294. The summed E-state index contributed by atoms with van der Waals surface area (Å²) in [5.74, 6) is 2.44. The van der Waals surface area contributed by atoms with Crippen LogP contribution >= 0.6 is 0 Å². The Labute approximate surface area is 114 Å². The van der Waals surface area contributed by atoms with Gasteiger partial charge in [-0.3, -0.25) is 0 Å². The van der Waals surface area contributed by atoms with Crippen molar-refractivity contribution in [2.45, 2.75) is 51.6 Å². The van der Waals surface area contributed by atoms with Crippen molar-refractivity contribution in [2.75, 3.05) is 13.7 Å². The van der Waals surface area contributed by atoms with Crippen LogP contribution in [0.5, 0.6) is 0 Å². The van der Waals surface area contributed by atoms with Crippen LogP contribution in [0.25, 0.3) is 0 Å². The van der Waals surface area contributed by atoms with Gasteiger partial charge in [0.1, 0.15) is 5.60 Å². The summed E-state index contributed by atoms with van der Waals surface area (Å²) >= 11 is 0. The molecule has 1 aromatic rings. The normalized spacial score (nSPS) is 19.4. The Kier molecular flexibility index (Phi) is 4.58. The Hall–Kier alpha value is -0.940. The summed E-state index contributed by atoms with van der Waals surface area (Å²) in [6.07, 6.45) is 4.98. The molecule has 2 rings (SSSR count). The lowest BCUT2D eigenvalue weighted by molar-refractivity contribution is -0.0858. The highest BCUT2D eigenvalue weighted by molar-refractivity contribution is 5.06. The van der Waals surface area contributed by atoms with Gasteiger partial charge in [-0.05, 0) is 44.1 Å². The van der Waals surface area contributed by atoms with Crippen molar-refractivity contribution in [3.63, 3.8) is 0 Å². The van der Waals surface area contributed by atoms with Crippen LogP contribution in [0.2, 0.25) is 0 Å². The average Bonchev–Trinajstić information content (AvgIpc) is 2.76. The Morgan fingerprint density at radius 1 is 1.42 bits per heavy atom. The molecule has 1 aliphatic rings. The van der Waals surface area contributed by atoms with Crippen LogP contribution in [-0.4, -0.2) is 23.8 Å². The Balaban J connectivity index is 2.00. The van der Waals surface area contributed by atoms with Gasteiger partial charge in [-0.15, -0.1) is 0 Å². The highest BCUT2D eigenvalue weighted by atomic mass is 16.5. The molecule has 0 spiro atoms. The third kappa shape index (κ3) is 3.15. The first kappa shape index (κ1) is 14.5. The molecule has 0 bridgehead atoms. The molecule has 0 saturated heterocycles. The lowest BCUT2D eigenvalue weighted by Gasteiger charge is -2.37. The molecule has 108 valence electrons. The molecule has 0 unspecified atom stereocenters. The predicted molar refractivity (Wildman–Crippen MR) is 72.5 cm³/mol. The molecule has 5 heteroatoms. The van der Waals surface area contributed by atoms with Gasteiger partial charge in [0.05, 0.1) is 0 Å². The van der Waals surface area contributed by atoms with E-state index in [1.807, 2.05) is 0 Å². The molecule has 0 amide bonds. The van der Waals surface area contributed by atoms with E-state index in [2.05, 4.69) is 24.0 Å². The van der Waals surface area contributed by atoms with Gasteiger partial charge in [0.25, 0.3) is 0 Å². The first-order valence-electron chi connectivity index (χ1n) is 7.18. The first-order chi connectivity index (χ1) is 9.09. The highest BCUT2D eigenvalue weighted by Gasteiger charge is 2.43. The number of hydrogen-bond acceptors (Lipinski definition) is 5. The molecule has 0 aromatic carbocycles. The summed E-state index contributed by atoms with van der Waals surface area (Å²) in [6, 6.07) is 0. The molecule has 1 atom stereocenters. The number of ether oxygens (including phenoxy) is 1. The van der Waals surface area contributed by atoms with Crippen LogP contribution in [0.3, 0.4) is 0 Å². The summed E-state index contributed by atoms with van der Waals surface area (Å²) in [5, 5.41) is 4.10. The van der Waals surface area contributed by atoms with Crippen molar-refractivity contribution < 1.29 is 9.26 Å². The van der Waals surface area contributed by atoms with E-state index in [1.165, 1.54) is 0 Å². The molecule has 1 aliphatic carbocycles. The number of rotatable bonds is 7. The van der Waals surface area contributed by atoms with Gasteiger partial charge in [-0.2, -0.15) is 4.98 Å². The lowest BCUT2D eigenvalue weighted by atomic mass is 9.79. The molecule has 1 heterocycles. The average molecular weight is 267 g/mol. The number of aromatic nitrogens is 2. The summed E-state index contributed by atoms with van der Waals surface area (Å²) in [5.41, 5.74) is 5.52. The zero-order valence-electron chi connectivity index (χ0n) is 12.2. The van der Waals surface area contributed by atoms with Crippen molar-refractivity contribution in [3.05, 3.63) is 11.7 Å².